The number of hydrogen-bond acceptors (Lipinski definition) is 3. The van der Waals surface area contributed by atoms with E-state index >= 15 is 0 Å². The molecule has 1 aromatic rings. The van der Waals surface area contributed by atoms with E-state index in [9.17, 15) is 10.2 Å². The van der Waals surface area contributed by atoms with Gasteiger partial charge in [-0.3, -0.25) is 4.98 Å². The second-order valence-electron chi connectivity index (χ2n) is 13.1. The summed E-state index contributed by atoms with van der Waals surface area (Å²) in [4.78, 5) is 4.18. The van der Waals surface area contributed by atoms with Gasteiger partial charge in [0.15, 0.2) is 0 Å². The molecule has 0 saturated heterocycles. The van der Waals surface area contributed by atoms with Gasteiger partial charge < -0.3 is 10.2 Å². The molecule has 3 heteroatoms. The van der Waals surface area contributed by atoms with E-state index in [4.69, 9.17) is 0 Å². The molecule has 3 nitrogen and oxygen atoms in total. The Morgan fingerprint density at radius 1 is 1.09 bits per heavy atom. The molecule has 5 rings (SSSR count). The van der Waals surface area contributed by atoms with Crippen LogP contribution in [0.1, 0.15) is 110 Å². The first-order valence-corrected chi connectivity index (χ1v) is 14.2. The molecule has 0 bridgehead atoms. The largest absolute Gasteiger partial charge is 0.390 e. The molecular weight excluding hydrogens is 418 g/mol. The molecule has 2 N–H and O–H groups in total. The summed E-state index contributed by atoms with van der Waals surface area (Å²) in [5.74, 6) is 3.88. The molecule has 3 saturated carbocycles. The molecule has 34 heavy (non-hydrogen) atoms. The van der Waals surface area contributed by atoms with Crippen molar-refractivity contribution < 1.29 is 10.2 Å². The lowest BCUT2D eigenvalue weighted by Crippen LogP contribution is -2.52. The summed E-state index contributed by atoms with van der Waals surface area (Å²) in [6.07, 6.45) is 18.3. The Bertz CT molecular complexity index is 898. The molecule has 0 amide bonds. The average Bonchev–Trinajstić information content (AvgIpc) is 3.20. The Morgan fingerprint density at radius 3 is 2.65 bits per heavy atom. The predicted molar refractivity (Wildman–Crippen MR) is 138 cm³/mol. The van der Waals surface area contributed by atoms with E-state index in [1.165, 1.54) is 38.5 Å². The number of pyridine rings is 1. The fraction of sp³-hybridized carbons (Fsp3) is 0.774. The van der Waals surface area contributed by atoms with E-state index in [1.807, 2.05) is 18.3 Å². The molecular formula is C31H47NO2. The fourth-order valence-electron chi connectivity index (χ4n) is 9.35. The van der Waals surface area contributed by atoms with Gasteiger partial charge in [0, 0.05) is 12.4 Å². The first kappa shape index (κ1) is 24.5. The zero-order valence-electron chi connectivity index (χ0n) is 22.0. The summed E-state index contributed by atoms with van der Waals surface area (Å²) in [5, 5.41) is 21.7. The van der Waals surface area contributed by atoms with Gasteiger partial charge in [-0.2, -0.15) is 0 Å². The molecule has 4 aliphatic rings. The second kappa shape index (κ2) is 9.04. The van der Waals surface area contributed by atoms with Crippen molar-refractivity contribution in [2.45, 2.75) is 110 Å². The van der Waals surface area contributed by atoms with Crippen molar-refractivity contribution in [1.29, 1.82) is 0 Å². The number of allylic oxidation sites excluding steroid dienone is 1. The molecule has 0 aliphatic heterocycles. The SMILES string of the molecule is CC[C@]1(O)CC[C@@]2(C)C(=CC[C@H]3[C@@H]4CC[C@H]([C@H](C)CC[C@@H](O)c5cccnc5)[C@@]4(C)CC[C@@H]32)C1. The molecule has 0 unspecified atom stereocenters. The minimum atomic E-state index is -0.463. The lowest BCUT2D eigenvalue weighted by molar-refractivity contribution is -0.0757. The number of fused-ring (bicyclic) bond motifs is 5. The zero-order valence-corrected chi connectivity index (χ0v) is 22.0. The quantitative estimate of drug-likeness (QED) is 0.435. The smallest absolute Gasteiger partial charge is 0.0805 e. The minimum Gasteiger partial charge on any atom is -0.390 e. The predicted octanol–water partition coefficient (Wildman–Crippen LogP) is 7.25. The maximum absolute atomic E-state index is 11.0. The lowest BCUT2D eigenvalue weighted by Gasteiger charge is -2.59. The van der Waals surface area contributed by atoms with Crippen molar-refractivity contribution in [3.8, 4) is 0 Å². The third kappa shape index (κ3) is 3.99. The monoisotopic (exact) mass is 465 g/mol. The highest BCUT2D eigenvalue weighted by Crippen LogP contribution is 2.67. The van der Waals surface area contributed by atoms with E-state index < -0.39 is 11.7 Å². The summed E-state index contributed by atoms with van der Waals surface area (Å²) in [6, 6.07) is 3.91. The van der Waals surface area contributed by atoms with E-state index in [1.54, 1.807) is 11.8 Å². The van der Waals surface area contributed by atoms with E-state index in [2.05, 4.69) is 38.8 Å². The van der Waals surface area contributed by atoms with Gasteiger partial charge in [-0.15, -0.1) is 0 Å². The summed E-state index contributed by atoms with van der Waals surface area (Å²) >= 11 is 0. The molecule has 0 aromatic carbocycles. The normalized spacial score (nSPS) is 43.3. The second-order valence-corrected chi connectivity index (χ2v) is 13.1. The van der Waals surface area contributed by atoms with Gasteiger partial charge in [-0.1, -0.05) is 45.4 Å². The molecule has 0 radical (unpaired) electrons. The highest BCUT2D eigenvalue weighted by Gasteiger charge is 2.59. The molecule has 1 aromatic heterocycles. The summed E-state index contributed by atoms with van der Waals surface area (Å²) in [5.41, 5.74) is 2.82. The van der Waals surface area contributed by atoms with Crippen LogP contribution in [0.15, 0.2) is 36.2 Å². The molecule has 0 spiro atoms. The topological polar surface area (TPSA) is 53.4 Å². The number of aliphatic hydroxyl groups excluding tert-OH is 1. The van der Waals surface area contributed by atoms with E-state index in [-0.39, 0.29) is 0 Å². The lowest BCUT2D eigenvalue weighted by atomic mass is 9.46. The number of nitrogens with zero attached hydrogens (tertiary/aromatic N) is 1. The number of aromatic nitrogens is 1. The Balaban J connectivity index is 1.28. The van der Waals surface area contributed by atoms with Crippen molar-refractivity contribution in [3.05, 3.63) is 41.7 Å². The van der Waals surface area contributed by atoms with Crippen LogP contribution in [0.5, 0.6) is 0 Å². The molecule has 4 aliphatic carbocycles. The Hall–Kier alpha value is -1.19. The van der Waals surface area contributed by atoms with Crippen LogP contribution in [0.3, 0.4) is 0 Å². The van der Waals surface area contributed by atoms with Crippen LogP contribution < -0.4 is 0 Å². The standard InChI is InChI=1S/C31H47NO2/c1-5-31(34)17-16-29(3)23(19-31)9-10-24-26-12-11-25(30(26,4)15-14-27(24)29)21(2)8-13-28(33)22-7-6-18-32-20-22/h6-7,9,18,20-21,24-28,33-34H,5,8,10-17,19H2,1-4H3/t21-,24+,25-,26+,27+,28-,29+,30-,31+/m1/s1. The van der Waals surface area contributed by atoms with Crippen LogP contribution in [-0.4, -0.2) is 20.8 Å². The van der Waals surface area contributed by atoms with E-state index in [0.29, 0.717) is 16.7 Å². The van der Waals surface area contributed by atoms with Crippen LogP contribution in [0.2, 0.25) is 0 Å². The molecule has 9 atom stereocenters. The third-order valence-corrected chi connectivity index (χ3v) is 11.6. The van der Waals surface area contributed by atoms with Crippen molar-refractivity contribution in [1.82, 2.24) is 4.98 Å². The summed E-state index contributed by atoms with van der Waals surface area (Å²) in [6.45, 7) is 9.77. The first-order chi connectivity index (χ1) is 16.2. The van der Waals surface area contributed by atoms with Gasteiger partial charge in [-0.25, -0.2) is 0 Å². The zero-order chi connectivity index (χ0) is 24.1. The molecule has 3 fully saturated rings. The van der Waals surface area contributed by atoms with E-state index in [0.717, 1.165) is 61.3 Å². The minimum absolute atomic E-state index is 0.309. The van der Waals surface area contributed by atoms with Gasteiger partial charge in [0.2, 0.25) is 0 Å². The molecule has 188 valence electrons. The van der Waals surface area contributed by atoms with Gasteiger partial charge in [0.25, 0.3) is 0 Å². The first-order valence-electron chi connectivity index (χ1n) is 14.2. The highest BCUT2D eigenvalue weighted by molar-refractivity contribution is 5.27. The van der Waals surface area contributed by atoms with Crippen LogP contribution >= 0.6 is 0 Å². The summed E-state index contributed by atoms with van der Waals surface area (Å²) in [7, 11) is 0. The third-order valence-electron chi connectivity index (χ3n) is 11.6. The van der Waals surface area contributed by atoms with Gasteiger partial charge in [-0.05, 0) is 123 Å². The maximum atomic E-state index is 11.0. The van der Waals surface area contributed by atoms with Gasteiger partial charge >= 0.3 is 0 Å². The van der Waals surface area contributed by atoms with Crippen LogP contribution in [0.4, 0.5) is 0 Å². The number of aliphatic hydroxyl groups is 2. The molecule has 1 heterocycles. The highest BCUT2D eigenvalue weighted by atomic mass is 16.3. The van der Waals surface area contributed by atoms with Crippen molar-refractivity contribution >= 4 is 0 Å². The van der Waals surface area contributed by atoms with Crippen molar-refractivity contribution in [3.63, 3.8) is 0 Å². The van der Waals surface area contributed by atoms with Gasteiger partial charge in [0.05, 0.1) is 11.7 Å². The maximum Gasteiger partial charge on any atom is 0.0805 e. The summed E-state index contributed by atoms with van der Waals surface area (Å²) < 4.78 is 0. The van der Waals surface area contributed by atoms with Crippen molar-refractivity contribution in [2.24, 2.45) is 40.4 Å². The van der Waals surface area contributed by atoms with Crippen LogP contribution in [0, 0.1) is 40.4 Å². The number of rotatable bonds is 6. The van der Waals surface area contributed by atoms with Gasteiger partial charge in [0.1, 0.15) is 0 Å². The fourth-order valence-corrected chi connectivity index (χ4v) is 9.35. The average molecular weight is 466 g/mol. The van der Waals surface area contributed by atoms with Crippen LogP contribution in [-0.2, 0) is 0 Å². The van der Waals surface area contributed by atoms with Crippen LogP contribution in [0.25, 0.3) is 0 Å². The Kier molecular flexibility index (Phi) is 6.51. The Morgan fingerprint density at radius 2 is 1.91 bits per heavy atom. The number of hydrogen-bond donors (Lipinski definition) is 2. The Labute approximate surface area is 207 Å². The van der Waals surface area contributed by atoms with Crippen molar-refractivity contribution in [2.75, 3.05) is 0 Å².